The maximum Gasteiger partial charge on any atom is 0.281 e. The average Bonchev–Trinajstić information content (AvgIpc) is 3.07. The third-order valence-corrected chi connectivity index (χ3v) is 4.72. The van der Waals surface area contributed by atoms with Crippen LogP contribution in [0.5, 0.6) is 11.5 Å². The van der Waals surface area contributed by atoms with Gasteiger partial charge in [0.05, 0.1) is 18.4 Å². The van der Waals surface area contributed by atoms with Gasteiger partial charge in [0.15, 0.2) is 11.5 Å². The number of anilines is 1. The van der Waals surface area contributed by atoms with Crippen LogP contribution in [0.25, 0.3) is 6.08 Å². The topological polar surface area (TPSA) is 62.1 Å². The second-order valence-corrected chi connectivity index (χ2v) is 6.76. The van der Waals surface area contributed by atoms with Gasteiger partial charge in [-0.2, -0.15) is 10.1 Å². The van der Waals surface area contributed by atoms with Crippen LogP contribution in [-0.4, -0.2) is 23.8 Å². The summed E-state index contributed by atoms with van der Waals surface area (Å²) in [5, 5.41) is 15.9. The molecule has 0 unspecified atom stereocenters. The summed E-state index contributed by atoms with van der Waals surface area (Å²) in [6.45, 7) is 2.00. The summed E-state index contributed by atoms with van der Waals surface area (Å²) in [6.07, 6.45) is 1.77. The van der Waals surface area contributed by atoms with Crippen LogP contribution in [0.2, 0.25) is 0 Å². The molecule has 1 aliphatic heterocycles. The number of methoxy groups -OCH3 is 1. The van der Waals surface area contributed by atoms with Crippen LogP contribution in [0.4, 0.5) is 5.69 Å². The minimum atomic E-state index is -0.209. The van der Waals surface area contributed by atoms with Crippen LogP contribution < -0.4 is 9.75 Å². The van der Waals surface area contributed by atoms with Crippen molar-refractivity contribution in [2.24, 2.45) is 5.10 Å². The standard InChI is InChI=1S/C24H20N2O3/c1-16-8-11-19(12-9-16)26-24(28)20(23(25-26)18-6-4-3-5-7-18)14-17-10-13-21(27)22(15-17)29-2/h3-15,27H,1-2H3. The summed E-state index contributed by atoms with van der Waals surface area (Å²) >= 11 is 0. The number of carbonyl (C=O) groups is 1. The Balaban J connectivity index is 1.82. The predicted molar refractivity (Wildman–Crippen MR) is 114 cm³/mol. The number of aromatic hydroxyl groups is 1. The van der Waals surface area contributed by atoms with Crippen LogP contribution in [0.15, 0.2) is 83.5 Å². The Morgan fingerprint density at radius 1 is 1.00 bits per heavy atom. The lowest BCUT2D eigenvalue weighted by Crippen LogP contribution is -2.21. The zero-order valence-corrected chi connectivity index (χ0v) is 16.2. The lowest BCUT2D eigenvalue weighted by Gasteiger charge is -2.11. The number of hydrazone groups is 1. The lowest BCUT2D eigenvalue weighted by molar-refractivity contribution is -0.114. The molecule has 0 spiro atoms. The summed E-state index contributed by atoms with van der Waals surface area (Å²) in [7, 11) is 1.49. The van der Waals surface area contributed by atoms with E-state index in [-0.39, 0.29) is 11.7 Å². The number of amides is 1. The molecule has 0 fully saturated rings. The van der Waals surface area contributed by atoms with E-state index in [1.54, 1.807) is 24.3 Å². The minimum Gasteiger partial charge on any atom is -0.504 e. The van der Waals surface area contributed by atoms with Crippen LogP contribution in [0.1, 0.15) is 16.7 Å². The summed E-state index contributed by atoms with van der Waals surface area (Å²) in [5.74, 6) is 0.184. The number of nitrogens with zero attached hydrogens (tertiary/aromatic N) is 2. The van der Waals surface area contributed by atoms with Crippen molar-refractivity contribution < 1.29 is 14.6 Å². The molecule has 0 atom stereocenters. The molecule has 0 radical (unpaired) electrons. The summed E-state index contributed by atoms with van der Waals surface area (Å²) in [6, 6.07) is 22.2. The molecule has 0 saturated heterocycles. The zero-order chi connectivity index (χ0) is 20.4. The fourth-order valence-electron chi connectivity index (χ4n) is 3.17. The van der Waals surface area contributed by atoms with Crippen molar-refractivity contribution in [2.45, 2.75) is 6.92 Å². The van der Waals surface area contributed by atoms with Crippen LogP contribution in [0, 0.1) is 6.92 Å². The molecular weight excluding hydrogens is 364 g/mol. The number of phenolic OH excluding ortho intramolecular Hbond substituents is 1. The van der Waals surface area contributed by atoms with Gasteiger partial charge in [0.1, 0.15) is 5.71 Å². The molecular formula is C24H20N2O3. The largest absolute Gasteiger partial charge is 0.504 e. The Kier molecular flexibility index (Phi) is 4.87. The van der Waals surface area contributed by atoms with Gasteiger partial charge in [-0.15, -0.1) is 0 Å². The van der Waals surface area contributed by atoms with Gasteiger partial charge in [-0.3, -0.25) is 4.79 Å². The van der Waals surface area contributed by atoms with Crippen molar-refractivity contribution in [1.82, 2.24) is 0 Å². The molecule has 1 heterocycles. The van der Waals surface area contributed by atoms with Gasteiger partial charge >= 0.3 is 0 Å². The highest BCUT2D eigenvalue weighted by atomic mass is 16.5. The Morgan fingerprint density at radius 3 is 2.41 bits per heavy atom. The number of benzene rings is 3. The van der Waals surface area contributed by atoms with Gasteiger partial charge in [0, 0.05) is 5.56 Å². The fraction of sp³-hybridized carbons (Fsp3) is 0.0833. The molecule has 144 valence electrons. The lowest BCUT2D eigenvalue weighted by atomic mass is 10.00. The van der Waals surface area contributed by atoms with E-state index in [9.17, 15) is 9.90 Å². The van der Waals surface area contributed by atoms with E-state index in [1.807, 2.05) is 61.5 Å². The zero-order valence-electron chi connectivity index (χ0n) is 16.2. The second kappa shape index (κ2) is 7.64. The molecule has 0 aliphatic carbocycles. The maximum atomic E-state index is 13.3. The van der Waals surface area contributed by atoms with Crippen LogP contribution in [-0.2, 0) is 4.79 Å². The Morgan fingerprint density at radius 2 is 1.72 bits per heavy atom. The average molecular weight is 384 g/mol. The van der Waals surface area contributed by atoms with E-state index < -0.39 is 0 Å². The monoisotopic (exact) mass is 384 g/mol. The number of phenols is 1. The number of hydrogen-bond acceptors (Lipinski definition) is 4. The molecule has 5 heteroatoms. The highest BCUT2D eigenvalue weighted by Gasteiger charge is 2.32. The van der Waals surface area contributed by atoms with Crippen LogP contribution in [0.3, 0.4) is 0 Å². The van der Waals surface area contributed by atoms with Gasteiger partial charge < -0.3 is 9.84 Å². The van der Waals surface area contributed by atoms with E-state index in [2.05, 4.69) is 5.10 Å². The van der Waals surface area contributed by atoms with Gasteiger partial charge in [0.25, 0.3) is 5.91 Å². The van der Waals surface area contributed by atoms with E-state index >= 15 is 0 Å². The number of ether oxygens (including phenoxy) is 1. The Bertz CT molecular complexity index is 1120. The SMILES string of the molecule is COc1cc(C=C2C(=O)N(c3ccc(C)cc3)N=C2c2ccccc2)ccc1O. The summed E-state index contributed by atoms with van der Waals surface area (Å²) in [5.41, 5.74) is 4.48. The van der Waals surface area contributed by atoms with E-state index in [1.165, 1.54) is 12.1 Å². The Labute approximate surface area is 169 Å². The molecule has 0 aromatic heterocycles. The van der Waals surface area contributed by atoms with Crippen molar-refractivity contribution in [1.29, 1.82) is 0 Å². The van der Waals surface area contributed by atoms with Gasteiger partial charge in [-0.1, -0.05) is 54.1 Å². The second-order valence-electron chi connectivity index (χ2n) is 6.76. The highest BCUT2D eigenvalue weighted by Crippen LogP contribution is 2.31. The maximum absolute atomic E-state index is 13.3. The van der Waals surface area contributed by atoms with Crippen molar-refractivity contribution in [3.63, 3.8) is 0 Å². The van der Waals surface area contributed by atoms with E-state index in [0.29, 0.717) is 22.7 Å². The molecule has 4 rings (SSSR count). The number of carbonyl (C=O) groups excluding carboxylic acids is 1. The summed E-state index contributed by atoms with van der Waals surface area (Å²) in [4.78, 5) is 13.3. The molecule has 3 aromatic rings. The highest BCUT2D eigenvalue weighted by molar-refractivity contribution is 6.37. The van der Waals surface area contributed by atoms with Crippen molar-refractivity contribution in [2.75, 3.05) is 12.1 Å². The normalized spacial score (nSPS) is 15.0. The van der Waals surface area contributed by atoms with Gasteiger partial charge in [-0.25, -0.2) is 0 Å². The first-order chi connectivity index (χ1) is 14.1. The van der Waals surface area contributed by atoms with E-state index in [4.69, 9.17) is 4.74 Å². The predicted octanol–water partition coefficient (Wildman–Crippen LogP) is 4.54. The Hall–Kier alpha value is -3.86. The van der Waals surface area contributed by atoms with Gasteiger partial charge in [0.2, 0.25) is 0 Å². The first-order valence-electron chi connectivity index (χ1n) is 9.21. The smallest absolute Gasteiger partial charge is 0.281 e. The molecule has 1 amide bonds. The third-order valence-electron chi connectivity index (χ3n) is 4.72. The van der Waals surface area contributed by atoms with E-state index in [0.717, 1.165) is 16.7 Å². The third kappa shape index (κ3) is 3.62. The van der Waals surface area contributed by atoms with Crippen molar-refractivity contribution >= 4 is 23.4 Å². The summed E-state index contributed by atoms with van der Waals surface area (Å²) < 4.78 is 5.19. The molecule has 29 heavy (non-hydrogen) atoms. The number of rotatable bonds is 4. The first-order valence-corrected chi connectivity index (χ1v) is 9.21. The molecule has 1 aliphatic rings. The number of hydrogen-bond donors (Lipinski definition) is 1. The molecule has 0 saturated carbocycles. The first kappa shape index (κ1) is 18.5. The molecule has 1 N–H and O–H groups in total. The molecule has 3 aromatic carbocycles. The number of aryl methyl sites for hydroxylation is 1. The van der Waals surface area contributed by atoms with Crippen LogP contribution >= 0.6 is 0 Å². The van der Waals surface area contributed by atoms with Crippen molar-refractivity contribution in [3.05, 3.63) is 95.1 Å². The molecule has 5 nitrogen and oxygen atoms in total. The fourth-order valence-corrected chi connectivity index (χ4v) is 3.17. The minimum absolute atomic E-state index is 0.0469. The van der Waals surface area contributed by atoms with Crippen molar-refractivity contribution in [3.8, 4) is 11.5 Å². The quantitative estimate of drug-likeness (QED) is 0.672. The molecule has 0 bridgehead atoms. The van der Waals surface area contributed by atoms with Gasteiger partial charge in [-0.05, 0) is 42.8 Å².